The maximum absolute atomic E-state index is 5.80. The maximum Gasteiger partial charge on any atom is 0.229 e. The van der Waals surface area contributed by atoms with Crippen molar-refractivity contribution in [1.82, 2.24) is 24.7 Å². The molecule has 3 aromatic rings. The van der Waals surface area contributed by atoms with Crippen molar-refractivity contribution in [2.45, 2.75) is 16.5 Å². The summed E-state index contributed by atoms with van der Waals surface area (Å²) in [4.78, 5) is 14.6. The highest BCUT2D eigenvalue weighted by Gasteiger charge is 2.17. The van der Waals surface area contributed by atoms with Crippen LogP contribution < -0.4 is 10.6 Å². The molecule has 1 aromatic carbocycles. The monoisotopic (exact) mass is 391 g/mol. The van der Waals surface area contributed by atoms with Crippen LogP contribution in [0.4, 0.5) is 11.9 Å². The van der Waals surface area contributed by atoms with Crippen LogP contribution in [0, 0.1) is 3.95 Å². The molecular formula is C15H17N7S3. The minimum Gasteiger partial charge on any atom is -0.368 e. The molecule has 0 saturated heterocycles. The normalized spacial score (nSPS) is 12.1. The molecule has 2 heterocycles. The van der Waals surface area contributed by atoms with Gasteiger partial charge in [-0.3, -0.25) is 0 Å². The topological polar surface area (TPSA) is 85.8 Å². The van der Waals surface area contributed by atoms with Crippen LogP contribution in [-0.4, -0.2) is 38.8 Å². The smallest absolute Gasteiger partial charge is 0.229 e. The summed E-state index contributed by atoms with van der Waals surface area (Å²) in [5, 5.41) is 4.57. The van der Waals surface area contributed by atoms with Crippen molar-refractivity contribution in [3.8, 4) is 5.69 Å². The molecule has 0 bridgehead atoms. The van der Waals surface area contributed by atoms with Gasteiger partial charge in [0.2, 0.25) is 11.9 Å². The Kier molecular flexibility index (Phi) is 5.30. The number of hydrogen-bond donors (Lipinski definition) is 1. The first-order valence-corrected chi connectivity index (χ1v) is 9.55. The molecule has 3 rings (SSSR count). The lowest BCUT2D eigenvalue weighted by molar-refractivity contribution is 0.823. The SMILES string of the molecule is CC(Sc1nn(-c2ccccc2)c(=S)s1)c1nc(N)nc(N(C)C)n1. The summed E-state index contributed by atoms with van der Waals surface area (Å²) in [6, 6.07) is 9.84. The Hall–Kier alpha value is -2.04. The van der Waals surface area contributed by atoms with Crippen LogP contribution in [0.15, 0.2) is 34.7 Å². The molecule has 0 spiro atoms. The summed E-state index contributed by atoms with van der Waals surface area (Å²) in [5.41, 5.74) is 6.75. The highest BCUT2D eigenvalue weighted by Crippen LogP contribution is 2.35. The molecule has 0 amide bonds. The van der Waals surface area contributed by atoms with Gasteiger partial charge in [0.15, 0.2) is 8.29 Å². The molecule has 25 heavy (non-hydrogen) atoms. The summed E-state index contributed by atoms with van der Waals surface area (Å²) in [6.45, 7) is 2.01. The van der Waals surface area contributed by atoms with E-state index in [1.165, 1.54) is 11.3 Å². The molecule has 0 saturated carbocycles. The largest absolute Gasteiger partial charge is 0.368 e. The van der Waals surface area contributed by atoms with Gasteiger partial charge in [-0.1, -0.05) is 41.3 Å². The number of thioether (sulfide) groups is 1. The molecule has 130 valence electrons. The lowest BCUT2D eigenvalue weighted by Gasteiger charge is -2.13. The van der Waals surface area contributed by atoms with E-state index in [4.69, 9.17) is 18.0 Å². The van der Waals surface area contributed by atoms with Gasteiger partial charge in [-0.05, 0) is 31.3 Å². The number of para-hydroxylation sites is 1. The lowest BCUT2D eigenvalue weighted by Crippen LogP contribution is -2.16. The van der Waals surface area contributed by atoms with E-state index in [0.717, 1.165) is 10.0 Å². The zero-order valence-electron chi connectivity index (χ0n) is 13.9. The molecule has 2 N–H and O–H groups in total. The molecule has 10 heteroatoms. The van der Waals surface area contributed by atoms with E-state index < -0.39 is 0 Å². The van der Waals surface area contributed by atoms with Gasteiger partial charge in [0.25, 0.3) is 0 Å². The average molecular weight is 392 g/mol. The number of aromatic nitrogens is 5. The summed E-state index contributed by atoms with van der Waals surface area (Å²) < 4.78 is 3.32. The predicted octanol–water partition coefficient (Wildman–Crippen LogP) is 3.35. The minimum atomic E-state index is -0.0335. The van der Waals surface area contributed by atoms with Gasteiger partial charge in [0.05, 0.1) is 10.9 Å². The minimum absolute atomic E-state index is 0.0335. The van der Waals surface area contributed by atoms with Crippen molar-refractivity contribution in [1.29, 1.82) is 0 Å². The van der Waals surface area contributed by atoms with E-state index in [0.29, 0.717) is 15.7 Å². The Morgan fingerprint density at radius 1 is 1.20 bits per heavy atom. The number of nitrogens with two attached hydrogens (primary N) is 1. The molecular weight excluding hydrogens is 374 g/mol. The van der Waals surface area contributed by atoms with Crippen LogP contribution in [0.1, 0.15) is 18.0 Å². The van der Waals surface area contributed by atoms with E-state index in [2.05, 4.69) is 20.1 Å². The second-order valence-corrected chi connectivity index (χ2v) is 8.60. The second-order valence-electron chi connectivity index (χ2n) is 5.39. The molecule has 1 unspecified atom stereocenters. The molecule has 0 aliphatic rings. The van der Waals surface area contributed by atoms with Crippen molar-refractivity contribution in [2.75, 3.05) is 24.7 Å². The summed E-state index contributed by atoms with van der Waals surface area (Å²) in [6.07, 6.45) is 0. The van der Waals surface area contributed by atoms with Crippen LogP contribution in [0.5, 0.6) is 0 Å². The zero-order chi connectivity index (χ0) is 18.0. The molecule has 1 atom stereocenters. The van der Waals surface area contributed by atoms with Gasteiger partial charge in [-0.25, -0.2) is 4.68 Å². The van der Waals surface area contributed by atoms with Crippen LogP contribution in [0.25, 0.3) is 5.69 Å². The van der Waals surface area contributed by atoms with Gasteiger partial charge in [-0.2, -0.15) is 15.0 Å². The number of nitrogen functional groups attached to an aromatic ring is 1. The molecule has 0 radical (unpaired) electrons. The number of hydrogen-bond acceptors (Lipinski definition) is 9. The Labute approximate surface area is 159 Å². The Bertz CT molecular complexity index is 920. The fourth-order valence-electron chi connectivity index (χ4n) is 2.02. The number of benzene rings is 1. The molecule has 7 nitrogen and oxygen atoms in total. The molecule has 0 aliphatic carbocycles. The van der Waals surface area contributed by atoms with Crippen LogP contribution in [0.2, 0.25) is 0 Å². The van der Waals surface area contributed by atoms with E-state index in [9.17, 15) is 0 Å². The average Bonchev–Trinajstić information content (AvgIpc) is 2.95. The van der Waals surface area contributed by atoms with Crippen molar-refractivity contribution in [2.24, 2.45) is 0 Å². The Morgan fingerprint density at radius 2 is 1.92 bits per heavy atom. The van der Waals surface area contributed by atoms with Gasteiger partial charge < -0.3 is 10.6 Å². The van der Waals surface area contributed by atoms with Crippen molar-refractivity contribution in [3.63, 3.8) is 0 Å². The summed E-state index contributed by atoms with van der Waals surface area (Å²) in [7, 11) is 3.73. The third kappa shape index (κ3) is 4.14. The zero-order valence-corrected chi connectivity index (χ0v) is 16.4. The maximum atomic E-state index is 5.80. The van der Waals surface area contributed by atoms with Crippen molar-refractivity contribution in [3.05, 3.63) is 40.1 Å². The van der Waals surface area contributed by atoms with Crippen LogP contribution in [0.3, 0.4) is 0 Å². The highest BCUT2D eigenvalue weighted by molar-refractivity contribution is 8.01. The van der Waals surface area contributed by atoms with E-state index >= 15 is 0 Å². The quantitative estimate of drug-likeness (QED) is 0.523. The fraction of sp³-hybridized carbons (Fsp3) is 0.267. The van der Waals surface area contributed by atoms with Crippen LogP contribution in [-0.2, 0) is 0 Å². The first-order chi connectivity index (χ1) is 11.9. The first-order valence-electron chi connectivity index (χ1n) is 7.45. The van der Waals surface area contributed by atoms with Crippen LogP contribution >= 0.6 is 35.3 Å². The number of rotatable bonds is 5. The van der Waals surface area contributed by atoms with Gasteiger partial charge in [0.1, 0.15) is 5.82 Å². The van der Waals surface area contributed by atoms with E-state index in [-0.39, 0.29) is 11.2 Å². The molecule has 0 aliphatic heterocycles. The Balaban J connectivity index is 1.85. The summed E-state index contributed by atoms with van der Waals surface area (Å²) >= 11 is 8.45. The number of nitrogens with zero attached hydrogens (tertiary/aromatic N) is 6. The van der Waals surface area contributed by atoms with Crippen molar-refractivity contribution < 1.29 is 0 Å². The van der Waals surface area contributed by atoms with Gasteiger partial charge >= 0.3 is 0 Å². The van der Waals surface area contributed by atoms with Gasteiger partial charge in [-0.15, -0.1) is 5.10 Å². The molecule has 2 aromatic heterocycles. The third-order valence-corrected chi connectivity index (χ3v) is 5.64. The highest BCUT2D eigenvalue weighted by atomic mass is 32.2. The fourth-order valence-corrected chi connectivity index (χ4v) is 4.57. The Morgan fingerprint density at radius 3 is 2.60 bits per heavy atom. The first kappa shape index (κ1) is 17.8. The van der Waals surface area contributed by atoms with Gasteiger partial charge in [0, 0.05) is 14.1 Å². The lowest BCUT2D eigenvalue weighted by atomic mass is 10.3. The van der Waals surface area contributed by atoms with E-state index in [1.807, 2.05) is 51.4 Å². The molecule has 0 fully saturated rings. The summed E-state index contributed by atoms with van der Waals surface area (Å²) in [5.74, 6) is 1.37. The van der Waals surface area contributed by atoms with E-state index in [1.54, 1.807) is 21.3 Å². The third-order valence-electron chi connectivity index (χ3n) is 3.23. The van der Waals surface area contributed by atoms with Crippen molar-refractivity contribution >= 4 is 47.2 Å². The second kappa shape index (κ2) is 7.46. The predicted molar refractivity (Wildman–Crippen MR) is 105 cm³/mol. The standard InChI is InChI=1S/C15H17N7S3/c1-9(11-17-12(16)19-13(18-11)21(2)3)24-14-20-22(15(23)25-14)10-7-5-4-6-8-10/h4-9H,1-3H3,(H2,16,17,18,19). The number of anilines is 2.